The van der Waals surface area contributed by atoms with Gasteiger partial charge in [-0.25, -0.2) is 0 Å². The molecule has 4 heteroatoms. The molecule has 0 aliphatic heterocycles. The van der Waals surface area contributed by atoms with Gasteiger partial charge in [-0.3, -0.25) is 4.99 Å². The molecule has 0 fully saturated rings. The highest BCUT2D eigenvalue weighted by molar-refractivity contribution is 8.13. The molecule has 76 valence electrons. The number of thioether (sulfide) groups is 1. The summed E-state index contributed by atoms with van der Waals surface area (Å²) in [5.41, 5.74) is 0. The van der Waals surface area contributed by atoms with Gasteiger partial charge < -0.3 is 4.74 Å². The van der Waals surface area contributed by atoms with Gasteiger partial charge in [0, 0.05) is 7.05 Å². The third kappa shape index (κ3) is 3.24. The predicted molar refractivity (Wildman–Crippen MR) is 63.8 cm³/mol. The van der Waals surface area contributed by atoms with Crippen molar-refractivity contribution in [3.8, 4) is 5.75 Å². The van der Waals surface area contributed by atoms with Crippen LogP contribution in [0, 0.1) is 0 Å². The van der Waals surface area contributed by atoms with Crippen LogP contribution >= 0.6 is 23.4 Å². The van der Waals surface area contributed by atoms with E-state index >= 15 is 0 Å². The lowest BCUT2D eigenvalue weighted by Gasteiger charge is -2.07. The van der Waals surface area contributed by atoms with E-state index < -0.39 is 0 Å². The quantitative estimate of drug-likeness (QED) is 0.587. The molecule has 1 aromatic carbocycles. The summed E-state index contributed by atoms with van der Waals surface area (Å²) < 4.78 is 5.50. The smallest absolute Gasteiger partial charge is 0.138 e. The Hall–Kier alpha value is -0.670. The molecule has 0 spiro atoms. The van der Waals surface area contributed by atoms with E-state index in [-0.39, 0.29) is 0 Å². The second kappa shape index (κ2) is 5.94. The van der Waals surface area contributed by atoms with Crippen LogP contribution in [0.3, 0.4) is 0 Å². The first-order valence-corrected chi connectivity index (χ1v) is 5.75. The molecule has 0 aliphatic rings. The molecule has 0 aromatic heterocycles. The van der Waals surface area contributed by atoms with Crippen LogP contribution in [-0.4, -0.2) is 25.0 Å². The number of nitrogens with zero attached hydrogens (tertiary/aromatic N) is 1. The van der Waals surface area contributed by atoms with Crippen LogP contribution in [0.25, 0.3) is 0 Å². The summed E-state index contributed by atoms with van der Waals surface area (Å²) in [6.07, 6.45) is 1.97. The molecule has 0 aliphatic carbocycles. The zero-order valence-corrected chi connectivity index (χ0v) is 9.73. The van der Waals surface area contributed by atoms with Gasteiger partial charge in [0.25, 0.3) is 0 Å². The zero-order chi connectivity index (χ0) is 10.4. The summed E-state index contributed by atoms with van der Waals surface area (Å²) in [6.45, 7) is 0.474. The van der Waals surface area contributed by atoms with E-state index in [2.05, 4.69) is 4.99 Å². The third-order valence-electron chi connectivity index (χ3n) is 1.67. The fourth-order valence-electron chi connectivity index (χ4n) is 0.916. The Morgan fingerprint density at radius 2 is 2.21 bits per heavy atom. The molecular weight excluding hydrogens is 218 g/mol. The molecule has 0 heterocycles. The van der Waals surface area contributed by atoms with Crippen LogP contribution < -0.4 is 4.74 Å². The highest BCUT2D eigenvalue weighted by Crippen LogP contribution is 2.23. The van der Waals surface area contributed by atoms with Crippen molar-refractivity contribution >= 4 is 28.4 Å². The standard InChI is InChI=1S/C10H12ClNOS/c1-12-10(14-2)7-13-9-6-4-3-5-8(9)11/h3-6H,7H2,1-2H3. The fourth-order valence-corrected chi connectivity index (χ4v) is 1.47. The lowest BCUT2D eigenvalue weighted by molar-refractivity contribution is 0.379. The number of hydrogen-bond donors (Lipinski definition) is 0. The van der Waals surface area contributed by atoms with E-state index in [9.17, 15) is 0 Å². The van der Waals surface area contributed by atoms with Crippen LogP contribution in [0.15, 0.2) is 29.3 Å². The van der Waals surface area contributed by atoms with Gasteiger partial charge in [-0.1, -0.05) is 23.7 Å². The highest BCUT2D eigenvalue weighted by Gasteiger charge is 2.01. The number of hydrogen-bond acceptors (Lipinski definition) is 3. The first-order valence-electron chi connectivity index (χ1n) is 4.15. The minimum absolute atomic E-state index is 0.474. The fraction of sp³-hybridized carbons (Fsp3) is 0.300. The average Bonchev–Trinajstić information content (AvgIpc) is 2.22. The summed E-state index contributed by atoms with van der Waals surface area (Å²) in [4.78, 5) is 4.06. The number of aliphatic imine (C=N–C) groups is 1. The summed E-state index contributed by atoms with van der Waals surface area (Å²) in [5, 5.41) is 1.58. The van der Waals surface area contributed by atoms with Gasteiger partial charge in [-0.2, -0.15) is 0 Å². The summed E-state index contributed by atoms with van der Waals surface area (Å²) in [5.74, 6) is 0.698. The average molecular weight is 230 g/mol. The minimum atomic E-state index is 0.474. The van der Waals surface area contributed by atoms with Crippen molar-refractivity contribution in [2.24, 2.45) is 4.99 Å². The summed E-state index contributed by atoms with van der Waals surface area (Å²) in [6, 6.07) is 7.41. The Balaban J connectivity index is 2.58. The van der Waals surface area contributed by atoms with Gasteiger partial charge in [0.1, 0.15) is 17.4 Å². The molecule has 14 heavy (non-hydrogen) atoms. The van der Waals surface area contributed by atoms with Crippen molar-refractivity contribution in [1.29, 1.82) is 0 Å². The molecule has 0 N–H and O–H groups in total. The Morgan fingerprint density at radius 1 is 1.50 bits per heavy atom. The van der Waals surface area contributed by atoms with E-state index in [1.54, 1.807) is 24.9 Å². The van der Waals surface area contributed by atoms with Crippen LogP contribution in [0.4, 0.5) is 0 Å². The maximum Gasteiger partial charge on any atom is 0.138 e. The van der Waals surface area contributed by atoms with E-state index in [0.717, 1.165) is 5.04 Å². The van der Waals surface area contributed by atoms with E-state index in [1.807, 2.05) is 24.5 Å². The maximum absolute atomic E-state index is 5.92. The van der Waals surface area contributed by atoms with E-state index in [4.69, 9.17) is 16.3 Å². The number of benzene rings is 1. The highest BCUT2D eigenvalue weighted by atomic mass is 35.5. The van der Waals surface area contributed by atoms with Crippen molar-refractivity contribution in [3.63, 3.8) is 0 Å². The van der Waals surface area contributed by atoms with E-state index in [1.165, 1.54) is 0 Å². The first-order chi connectivity index (χ1) is 6.77. The summed E-state index contributed by atoms with van der Waals surface area (Å²) >= 11 is 7.50. The Kier molecular flexibility index (Phi) is 4.84. The van der Waals surface area contributed by atoms with Gasteiger partial charge in [-0.05, 0) is 18.4 Å². The molecule has 0 saturated carbocycles. The molecule has 0 atom stereocenters. The van der Waals surface area contributed by atoms with Gasteiger partial charge >= 0.3 is 0 Å². The van der Waals surface area contributed by atoms with Crippen molar-refractivity contribution in [3.05, 3.63) is 29.3 Å². The minimum Gasteiger partial charge on any atom is -0.485 e. The first kappa shape index (κ1) is 11.4. The van der Waals surface area contributed by atoms with Crippen LogP contribution in [0.2, 0.25) is 5.02 Å². The van der Waals surface area contributed by atoms with Gasteiger partial charge in [-0.15, -0.1) is 11.8 Å². The zero-order valence-electron chi connectivity index (χ0n) is 8.16. The molecule has 0 amide bonds. The summed E-state index contributed by atoms with van der Waals surface area (Å²) in [7, 11) is 1.75. The van der Waals surface area contributed by atoms with Crippen molar-refractivity contribution in [2.75, 3.05) is 19.9 Å². The lowest BCUT2D eigenvalue weighted by atomic mass is 10.3. The largest absolute Gasteiger partial charge is 0.485 e. The van der Waals surface area contributed by atoms with Crippen LogP contribution in [-0.2, 0) is 0 Å². The normalized spacial score (nSPS) is 11.5. The van der Waals surface area contributed by atoms with Crippen LogP contribution in [0.1, 0.15) is 0 Å². The number of ether oxygens (including phenoxy) is 1. The van der Waals surface area contributed by atoms with Crippen molar-refractivity contribution in [1.82, 2.24) is 0 Å². The number of para-hydroxylation sites is 1. The second-order valence-electron chi connectivity index (χ2n) is 2.54. The molecule has 0 radical (unpaired) electrons. The van der Waals surface area contributed by atoms with Crippen molar-refractivity contribution in [2.45, 2.75) is 0 Å². The van der Waals surface area contributed by atoms with Gasteiger partial charge in [0.15, 0.2) is 0 Å². The Morgan fingerprint density at radius 3 is 2.79 bits per heavy atom. The van der Waals surface area contributed by atoms with Crippen LogP contribution in [0.5, 0.6) is 5.75 Å². The number of rotatable bonds is 3. The molecule has 0 bridgehead atoms. The molecule has 2 nitrogen and oxygen atoms in total. The topological polar surface area (TPSA) is 21.6 Å². The predicted octanol–water partition coefficient (Wildman–Crippen LogP) is 3.11. The molecule has 1 aromatic rings. The lowest BCUT2D eigenvalue weighted by Crippen LogP contribution is -2.07. The number of halogens is 1. The third-order valence-corrected chi connectivity index (χ3v) is 2.76. The van der Waals surface area contributed by atoms with E-state index in [0.29, 0.717) is 17.4 Å². The molecular formula is C10H12ClNOS. The second-order valence-corrected chi connectivity index (χ2v) is 3.83. The Bertz CT molecular complexity index is 328. The molecule has 0 saturated heterocycles. The SMILES string of the molecule is CN=C(COc1ccccc1Cl)SC. The Labute approximate surface area is 93.3 Å². The maximum atomic E-state index is 5.92. The van der Waals surface area contributed by atoms with Gasteiger partial charge in [0.05, 0.1) is 5.02 Å². The molecule has 1 rings (SSSR count). The molecule has 0 unspecified atom stereocenters. The van der Waals surface area contributed by atoms with Crippen molar-refractivity contribution < 1.29 is 4.74 Å². The van der Waals surface area contributed by atoms with Gasteiger partial charge in [0.2, 0.25) is 0 Å². The monoisotopic (exact) mass is 229 g/mol.